The maximum Gasteiger partial charge on any atom is 0.124 e. The highest BCUT2D eigenvalue weighted by molar-refractivity contribution is 6.00. The Labute approximate surface area is 103 Å². The lowest BCUT2D eigenvalue weighted by Crippen LogP contribution is -2.24. The highest BCUT2D eigenvalue weighted by Crippen LogP contribution is 2.28. The summed E-state index contributed by atoms with van der Waals surface area (Å²) in [7, 11) is 0. The monoisotopic (exact) mass is 231 g/mol. The number of anilines is 1. The van der Waals surface area contributed by atoms with Gasteiger partial charge in [0.15, 0.2) is 0 Å². The number of nitrogens with one attached hydrogen (secondary N) is 1. The first-order valence-electron chi connectivity index (χ1n) is 6.31. The van der Waals surface area contributed by atoms with Gasteiger partial charge in [0, 0.05) is 24.3 Å². The van der Waals surface area contributed by atoms with E-state index in [1.54, 1.807) is 0 Å². The predicted octanol–water partition coefficient (Wildman–Crippen LogP) is 2.52. The normalized spacial score (nSPS) is 19.6. The van der Waals surface area contributed by atoms with Crippen LogP contribution in [0, 0.1) is 18.3 Å². The van der Waals surface area contributed by atoms with Crippen molar-refractivity contribution in [2.24, 2.45) is 11.7 Å². The third kappa shape index (κ3) is 2.43. The summed E-state index contributed by atoms with van der Waals surface area (Å²) in [6.45, 7) is 6.46. The number of benzene rings is 1. The van der Waals surface area contributed by atoms with E-state index in [1.807, 2.05) is 13.0 Å². The zero-order valence-electron chi connectivity index (χ0n) is 10.7. The topological polar surface area (TPSA) is 53.1 Å². The Balaban J connectivity index is 2.29. The van der Waals surface area contributed by atoms with Crippen LogP contribution in [0.4, 0.5) is 5.69 Å². The molecule has 1 aromatic rings. The smallest absolute Gasteiger partial charge is 0.124 e. The Morgan fingerprint density at radius 3 is 2.88 bits per heavy atom. The van der Waals surface area contributed by atoms with Gasteiger partial charge in [0.25, 0.3) is 0 Å². The number of hydrogen-bond donors (Lipinski definition) is 2. The van der Waals surface area contributed by atoms with E-state index < -0.39 is 0 Å². The van der Waals surface area contributed by atoms with Crippen molar-refractivity contribution in [2.45, 2.75) is 26.7 Å². The number of rotatable bonds is 3. The summed E-state index contributed by atoms with van der Waals surface area (Å²) in [6, 6.07) is 6.21. The van der Waals surface area contributed by atoms with Crippen LogP contribution in [0.2, 0.25) is 0 Å². The molecule has 1 aliphatic rings. The lowest BCUT2D eigenvalue weighted by molar-refractivity contribution is 0.569. The summed E-state index contributed by atoms with van der Waals surface area (Å²) < 4.78 is 0. The molecule has 2 rings (SSSR count). The number of nitrogens with zero attached hydrogens (tertiary/aromatic N) is 1. The lowest BCUT2D eigenvalue weighted by Gasteiger charge is -2.22. The fourth-order valence-electron chi connectivity index (χ4n) is 2.53. The average Bonchev–Trinajstić information content (AvgIpc) is 2.77. The molecule has 1 saturated heterocycles. The molecule has 0 bridgehead atoms. The van der Waals surface area contributed by atoms with Crippen molar-refractivity contribution in [1.29, 1.82) is 5.41 Å². The van der Waals surface area contributed by atoms with Crippen LogP contribution in [0.3, 0.4) is 0 Å². The molecule has 1 atom stereocenters. The number of aryl methyl sites for hydroxylation is 1. The number of nitrogen functional groups attached to an aromatic ring is 1. The third-order valence-electron chi connectivity index (χ3n) is 3.65. The summed E-state index contributed by atoms with van der Waals surface area (Å²) in [5.74, 6) is 0.958. The van der Waals surface area contributed by atoms with Crippen molar-refractivity contribution in [3.05, 3.63) is 29.3 Å². The van der Waals surface area contributed by atoms with Gasteiger partial charge in [-0.25, -0.2) is 0 Å². The Morgan fingerprint density at radius 2 is 2.29 bits per heavy atom. The molecule has 3 N–H and O–H groups in total. The van der Waals surface area contributed by atoms with E-state index in [-0.39, 0.29) is 5.84 Å². The summed E-state index contributed by atoms with van der Waals surface area (Å²) in [5.41, 5.74) is 8.83. The summed E-state index contributed by atoms with van der Waals surface area (Å²) in [5, 5.41) is 7.68. The van der Waals surface area contributed by atoms with Gasteiger partial charge < -0.3 is 10.6 Å². The van der Waals surface area contributed by atoms with Crippen LogP contribution in [0.15, 0.2) is 18.2 Å². The standard InChI is InChI=1S/C14H21N3/c1-3-11-6-7-17(9-11)13-5-4-10(2)8-12(13)14(15)16/h4-5,8,11H,3,6-7,9H2,1-2H3,(H3,15,16). The average molecular weight is 231 g/mol. The van der Waals surface area contributed by atoms with Crippen molar-refractivity contribution in [3.8, 4) is 0 Å². The minimum atomic E-state index is 0.170. The zero-order chi connectivity index (χ0) is 12.4. The predicted molar refractivity (Wildman–Crippen MR) is 72.8 cm³/mol. The third-order valence-corrected chi connectivity index (χ3v) is 3.65. The SMILES string of the molecule is CCC1CCN(c2ccc(C)cc2C(=N)N)C1. The van der Waals surface area contributed by atoms with Gasteiger partial charge >= 0.3 is 0 Å². The fraction of sp³-hybridized carbons (Fsp3) is 0.500. The van der Waals surface area contributed by atoms with E-state index in [4.69, 9.17) is 11.1 Å². The molecular formula is C14H21N3. The first-order chi connectivity index (χ1) is 8.11. The summed E-state index contributed by atoms with van der Waals surface area (Å²) in [6.07, 6.45) is 2.49. The van der Waals surface area contributed by atoms with Crippen LogP contribution < -0.4 is 10.6 Å². The van der Waals surface area contributed by atoms with Crippen LogP contribution in [-0.4, -0.2) is 18.9 Å². The zero-order valence-corrected chi connectivity index (χ0v) is 10.7. The van der Waals surface area contributed by atoms with E-state index >= 15 is 0 Å². The molecular weight excluding hydrogens is 210 g/mol. The quantitative estimate of drug-likeness (QED) is 0.620. The van der Waals surface area contributed by atoms with E-state index in [2.05, 4.69) is 24.0 Å². The highest BCUT2D eigenvalue weighted by Gasteiger charge is 2.23. The molecule has 17 heavy (non-hydrogen) atoms. The number of amidine groups is 1. The van der Waals surface area contributed by atoms with Crippen LogP contribution in [0.25, 0.3) is 0 Å². The minimum absolute atomic E-state index is 0.170. The van der Waals surface area contributed by atoms with Gasteiger partial charge in [0.2, 0.25) is 0 Å². The van der Waals surface area contributed by atoms with Crippen molar-refractivity contribution in [2.75, 3.05) is 18.0 Å². The molecule has 0 spiro atoms. The number of hydrogen-bond acceptors (Lipinski definition) is 2. The fourth-order valence-corrected chi connectivity index (χ4v) is 2.53. The largest absolute Gasteiger partial charge is 0.384 e. The first kappa shape index (κ1) is 12.0. The number of nitrogens with two attached hydrogens (primary N) is 1. The van der Waals surface area contributed by atoms with Crippen molar-refractivity contribution < 1.29 is 0 Å². The van der Waals surface area contributed by atoms with Gasteiger partial charge in [-0.15, -0.1) is 0 Å². The minimum Gasteiger partial charge on any atom is -0.384 e. The van der Waals surface area contributed by atoms with Crippen molar-refractivity contribution in [3.63, 3.8) is 0 Å². The van der Waals surface area contributed by atoms with Crippen LogP contribution >= 0.6 is 0 Å². The second-order valence-electron chi connectivity index (χ2n) is 4.94. The molecule has 0 aliphatic carbocycles. The second kappa shape index (κ2) is 4.78. The van der Waals surface area contributed by atoms with Gasteiger partial charge in [-0.3, -0.25) is 5.41 Å². The van der Waals surface area contributed by atoms with E-state index in [0.29, 0.717) is 0 Å². The molecule has 0 saturated carbocycles. The van der Waals surface area contributed by atoms with E-state index in [9.17, 15) is 0 Å². The molecule has 1 heterocycles. The Morgan fingerprint density at radius 1 is 1.53 bits per heavy atom. The van der Waals surface area contributed by atoms with Crippen molar-refractivity contribution in [1.82, 2.24) is 0 Å². The molecule has 1 unspecified atom stereocenters. The molecule has 92 valence electrons. The van der Waals surface area contributed by atoms with Gasteiger partial charge in [-0.1, -0.05) is 25.0 Å². The Hall–Kier alpha value is -1.51. The summed E-state index contributed by atoms with van der Waals surface area (Å²) in [4.78, 5) is 2.37. The maximum absolute atomic E-state index is 7.68. The van der Waals surface area contributed by atoms with Crippen LogP contribution in [0.1, 0.15) is 30.9 Å². The van der Waals surface area contributed by atoms with Crippen molar-refractivity contribution >= 4 is 11.5 Å². The van der Waals surface area contributed by atoms with Gasteiger partial charge in [0.05, 0.1) is 0 Å². The molecule has 1 fully saturated rings. The van der Waals surface area contributed by atoms with Crippen LogP contribution in [0.5, 0.6) is 0 Å². The molecule has 0 radical (unpaired) electrons. The molecule has 1 aromatic carbocycles. The van der Waals surface area contributed by atoms with Gasteiger partial charge in [0.1, 0.15) is 5.84 Å². The molecule has 3 nitrogen and oxygen atoms in total. The highest BCUT2D eigenvalue weighted by atomic mass is 15.2. The van der Waals surface area contributed by atoms with E-state index in [0.717, 1.165) is 35.8 Å². The summed E-state index contributed by atoms with van der Waals surface area (Å²) >= 11 is 0. The molecule has 0 aromatic heterocycles. The van der Waals surface area contributed by atoms with Crippen LogP contribution in [-0.2, 0) is 0 Å². The maximum atomic E-state index is 7.68. The molecule has 0 amide bonds. The Kier molecular flexibility index (Phi) is 3.36. The van der Waals surface area contributed by atoms with E-state index in [1.165, 1.54) is 12.8 Å². The van der Waals surface area contributed by atoms with Gasteiger partial charge in [-0.05, 0) is 31.4 Å². The van der Waals surface area contributed by atoms with Gasteiger partial charge in [-0.2, -0.15) is 0 Å². The second-order valence-corrected chi connectivity index (χ2v) is 4.94. The lowest BCUT2D eigenvalue weighted by atomic mass is 10.1. The Bertz CT molecular complexity index is 425. The molecule has 3 heteroatoms. The molecule has 1 aliphatic heterocycles. The first-order valence-corrected chi connectivity index (χ1v) is 6.31.